The predicted molar refractivity (Wildman–Crippen MR) is 63.7 cm³/mol. The molecule has 0 bridgehead atoms. The Bertz CT molecular complexity index is 570. The summed E-state index contributed by atoms with van der Waals surface area (Å²) in [6.45, 7) is 0. The van der Waals surface area contributed by atoms with Crippen molar-refractivity contribution in [3.63, 3.8) is 0 Å². The summed E-state index contributed by atoms with van der Waals surface area (Å²) in [6, 6.07) is 5.92. The number of aromatic amines is 1. The molecular weight excluding hydrogens is 216 g/mol. The van der Waals surface area contributed by atoms with Gasteiger partial charge in [-0.15, -0.1) is 0 Å². The number of carboxylic acid groups (broad SMARTS) is 1. The fourth-order valence-corrected chi connectivity index (χ4v) is 2.55. The fraction of sp³-hybridized carbons (Fsp3) is 0.385. The summed E-state index contributed by atoms with van der Waals surface area (Å²) >= 11 is 0. The lowest BCUT2D eigenvalue weighted by molar-refractivity contribution is -0.154. The van der Waals surface area contributed by atoms with Crippen molar-refractivity contribution in [1.29, 1.82) is 0 Å². The highest BCUT2D eigenvalue weighted by Crippen LogP contribution is 2.44. The molecule has 0 radical (unpaired) electrons. The van der Waals surface area contributed by atoms with E-state index in [4.69, 9.17) is 0 Å². The number of nitrogens with zero attached hydrogens (tertiary/aromatic N) is 1. The number of fused-ring (bicyclic) bond motifs is 1. The van der Waals surface area contributed by atoms with Crippen LogP contribution in [0.25, 0.3) is 11.0 Å². The third-order valence-electron chi connectivity index (χ3n) is 3.79. The maximum atomic E-state index is 11.3. The van der Waals surface area contributed by atoms with Crippen molar-refractivity contribution in [2.75, 3.05) is 0 Å². The number of aliphatic carboxylic acids is 1. The van der Waals surface area contributed by atoms with Crippen molar-refractivity contribution in [3.8, 4) is 0 Å². The summed E-state index contributed by atoms with van der Waals surface area (Å²) in [7, 11) is 0. The molecule has 1 heterocycles. The predicted octanol–water partition coefficient (Wildman–Crippen LogP) is 2.36. The van der Waals surface area contributed by atoms with E-state index in [-0.39, 0.29) is 0 Å². The van der Waals surface area contributed by atoms with Gasteiger partial charge in [0.15, 0.2) is 0 Å². The zero-order valence-electron chi connectivity index (χ0n) is 9.44. The van der Waals surface area contributed by atoms with Crippen molar-refractivity contribution in [2.45, 2.75) is 25.7 Å². The van der Waals surface area contributed by atoms with Gasteiger partial charge in [0.05, 0.1) is 22.8 Å². The zero-order valence-corrected chi connectivity index (χ0v) is 9.44. The SMILES string of the molecule is O=C(O)C1(Cc2ccc3nc[nH]c3c2)CCC1. The molecule has 4 nitrogen and oxygen atoms in total. The number of benzene rings is 1. The van der Waals surface area contributed by atoms with Crippen molar-refractivity contribution in [2.24, 2.45) is 5.41 Å². The third-order valence-corrected chi connectivity index (χ3v) is 3.79. The lowest BCUT2D eigenvalue weighted by Gasteiger charge is -2.37. The second-order valence-electron chi connectivity index (χ2n) is 4.87. The van der Waals surface area contributed by atoms with Crippen LogP contribution in [-0.2, 0) is 11.2 Å². The van der Waals surface area contributed by atoms with Crippen LogP contribution >= 0.6 is 0 Å². The minimum absolute atomic E-state index is 0.520. The highest BCUT2D eigenvalue weighted by Gasteiger charge is 2.44. The Labute approximate surface area is 98.7 Å². The molecule has 1 aromatic carbocycles. The van der Waals surface area contributed by atoms with E-state index in [1.165, 1.54) is 0 Å². The molecule has 2 aromatic rings. The average Bonchev–Trinajstić information content (AvgIpc) is 2.69. The monoisotopic (exact) mass is 230 g/mol. The van der Waals surface area contributed by atoms with E-state index in [2.05, 4.69) is 9.97 Å². The number of carbonyl (C=O) groups is 1. The van der Waals surface area contributed by atoms with Crippen molar-refractivity contribution >= 4 is 17.0 Å². The second kappa shape index (κ2) is 3.58. The number of carboxylic acids is 1. The molecule has 4 heteroatoms. The van der Waals surface area contributed by atoms with Crippen LogP contribution in [0.5, 0.6) is 0 Å². The Morgan fingerprint density at radius 3 is 2.94 bits per heavy atom. The van der Waals surface area contributed by atoms with Gasteiger partial charge in [0, 0.05) is 0 Å². The van der Waals surface area contributed by atoms with Gasteiger partial charge in [0.1, 0.15) is 0 Å². The van der Waals surface area contributed by atoms with Crippen LogP contribution in [0.15, 0.2) is 24.5 Å². The molecule has 3 rings (SSSR count). The molecule has 88 valence electrons. The van der Waals surface area contributed by atoms with Crippen molar-refractivity contribution in [1.82, 2.24) is 9.97 Å². The standard InChI is InChI=1S/C13H14N2O2/c16-12(17)13(4-1-5-13)7-9-2-3-10-11(6-9)15-8-14-10/h2-3,6,8H,1,4-5,7H2,(H,14,15)(H,16,17). The second-order valence-corrected chi connectivity index (χ2v) is 4.87. The number of hydrogen-bond donors (Lipinski definition) is 2. The van der Waals surface area contributed by atoms with Gasteiger partial charge >= 0.3 is 5.97 Å². The van der Waals surface area contributed by atoms with E-state index in [9.17, 15) is 9.90 Å². The van der Waals surface area contributed by atoms with E-state index in [0.29, 0.717) is 6.42 Å². The van der Waals surface area contributed by atoms with Gasteiger partial charge in [0.2, 0.25) is 0 Å². The molecular formula is C13H14N2O2. The summed E-state index contributed by atoms with van der Waals surface area (Å²) < 4.78 is 0. The number of rotatable bonds is 3. The lowest BCUT2D eigenvalue weighted by atomic mass is 9.65. The van der Waals surface area contributed by atoms with Gasteiger partial charge in [-0.25, -0.2) is 4.98 Å². The quantitative estimate of drug-likeness (QED) is 0.850. The molecule has 1 aliphatic carbocycles. The first-order valence-electron chi connectivity index (χ1n) is 5.85. The number of imidazole rings is 1. The van der Waals surface area contributed by atoms with E-state index in [0.717, 1.165) is 35.9 Å². The average molecular weight is 230 g/mol. The maximum Gasteiger partial charge on any atom is 0.309 e. The highest BCUT2D eigenvalue weighted by atomic mass is 16.4. The van der Waals surface area contributed by atoms with Gasteiger partial charge < -0.3 is 10.1 Å². The van der Waals surface area contributed by atoms with E-state index >= 15 is 0 Å². The molecule has 0 amide bonds. The first kappa shape index (κ1) is 10.3. The summed E-state index contributed by atoms with van der Waals surface area (Å²) in [5.41, 5.74) is 2.45. The fourth-order valence-electron chi connectivity index (χ4n) is 2.55. The molecule has 1 fully saturated rings. The molecule has 0 saturated heterocycles. The van der Waals surface area contributed by atoms with Crippen LogP contribution in [0.1, 0.15) is 24.8 Å². The Morgan fingerprint density at radius 1 is 1.47 bits per heavy atom. The van der Waals surface area contributed by atoms with E-state index in [1.54, 1.807) is 6.33 Å². The minimum Gasteiger partial charge on any atom is -0.481 e. The van der Waals surface area contributed by atoms with Gasteiger partial charge in [-0.05, 0) is 37.0 Å². The summed E-state index contributed by atoms with van der Waals surface area (Å²) in [5, 5.41) is 9.30. The van der Waals surface area contributed by atoms with Gasteiger partial charge in [0.25, 0.3) is 0 Å². The Hall–Kier alpha value is -1.84. The Kier molecular flexibility index (Phi) is 2.18. The normalized spacial score (nSPS) is 17.9. The minimum atomic E-state index is -0.659. The summed E-state index contributed by atoms with van der Waals surface area (Å²) in [5.74, 6) is -0.659. The number of hydrogen-bond acceptors (Lipinski definition) is 2. The van der Waals surface area contributed by atoms with Crippen LogP contribution in [0.2, 0.25) is 0 Å². The van der Waals surface area contributed by atoms with Crippen LogP contribution in [0, 0.1) is 5.41 Å². The smallest absolute Gasteiger partial charge is 0.309 e. The molecule has 17 heavy (non-hydrogen) atoms. The van der Waals surface area contributed by atoms with Gasteiger partial charge in [-0.3, -0.25) is 4.79 Å². The zero-order chi connectivity index (χ0) is 11.9. The van der Waals surface area contributed by atoms with Crippen LogP contribution in [0.4, 0.5) is 0 Å². The third kappa shape index (κ3) is 1.60. The molecule has 1 aromatic heterocycles. The van der Waals surface area contributed by atoms with Crippen molar-refractivity contribution in [3.05, 3.63) is 30.1 Å². The number of nitrogens with one attached hydrogen (secondary N) is 1. The summed E-state index contributed by atoms with van der Waals surface area (Å²) in [4.78, 5) is 18.5. The topological polar surface area (TPSA) is 66.0 Å². The number of H-pyrrole nitrogens is 1. The molecule has 0 aliphatic heterocycles. The Balaban J connectivity index is 1.91. The molecule has 2 N–H and O–H groups in total. The lowest BCUT2D eigenvalue weighted by Crippen LogP contribution is -2.39. The molecule has 0 atom stereocenters. The van der Waals surface area contributed by atoms with E-state index < -0.39 is 11.4 Å². The Morgan fingerprint density at radius 2 is 2.29 bits per heavy atom. The maximum absolute atomic E-state index is 11.3. The molecule has 1 saturated carbocycles. The van der Waals surface area contributed by atoms with Gasteiger partial charge in [-0.2, -0.15) is 0 Å². The molecule has 0 spiro atoms. The highest BCUT2D eigenvalue weighted by molar-refractivity contribution is 5.78. The molecule has 1 aliphatic rings. The number of aromatic nitrogens is 2. The molecule has 0 unspecified atom stereocenters. The van der Waals surface area contributed by atoms with Crippen LogP contribution in [0.3, 0.4) is 0 Å². The van der Waals surface area contributed by atoms with Crippen LogP contribution < -0.4 is 0 Å². The summed E-state index contributed by atoms with van der Waals surface area (Å²) in [6.07, 6.45) is 4.90. The van der Waals surface area contributed by atoms with Crippen molar-refractivity contribution < 1.29 is 9.90 Å². The first-order chi connectivity index (χ1) is 8.20. The largest absolute Gasteiger partial charge is 0.481 e. The van der Waals surface area contributed by atoms with E-state index in [1.807, 2.05) is 18.2 Å². The van der Waals surface area contributed by atoms with Gasteiger partial charge in [-0.1, -0.05) is 12.5 Å². The first-order valence-corrected chi connectivity index (χ1v) is 5.85. The van der Waals surface area contributed by atoms with Crippen LogP contribution in [-0.4, -0.2) is 21.0 Å².